The summed E-state index contributed by atoms with van der Waals surface area (Å²) in [6.07, 6.45) is 0.543. The van der Waals surface area contributed by atoms with E-state index in [1.54, 1.807) is 11.4 Å². The number of likely N-dealkylation sites (N-methyl/N-ethyl adjacent to an activating group) is 1. The Morgan fingerprint density at radius 1 is 1.28 bits per heavy atom. The lowest BCUT2D eigenvalue weighted by Gasteiger charge is -2.15. The molecule has 3 aromatic rings. The highest BCUT2D eigenvalue weighted by Crippen LogP contribution is 2.19. The molecule has 3 rings (SSSR count). The Bertz CT molecular complexity index is 931. The Kier molecular flexibility index (Phi) is 5.16. The zero-order valence-electron chi connectivity index (χ0n) is 13.6. The third-order valence-electron chi connectivity index (χ3n) is 3.65. The lowest BCUT2D eigenvalue weighted by Crippen LogP contribution is -2.38. The molecule has 0 fully saturated rings. The van der Waals surface area contributed by atoms with E-state index >= 15 is 0 Å². The molecule has 2 aromatic heterocycles. The molecule has 25 heavy (non-hydrogen) atoms. The predicted molar refractivity (Wildman–Crippen MR) is 96.9 cm³/mol. The number of para-hydroxylation sites is 2. The molecule has 0 saturated carbocycles. The molecule has 0 saturated heterocycles. The van der Waals surface area contributed by atoms with Crippen molar-refractivity contribution >= 4 is 38.3 Å². The number of thiophene rings is 1. The Hall–Kier alpha value is -2.23. The largest absolute Gasteiger partial charge is 0.355 e. The van der Waals surface area contributed by atoms with E-state index in [0.29, 0.717) is 13.0 Å². The highest BCUT2D eigenvalue weighted by Gasteiger charge is 2.23. The van der Waals surface area contributed by atoms with Crippen LogP contribution in [0.1, 0.15) is 5.82 Å². The number of fused-ring (bicyclic) bond motifs is 1. The number of aromatic nitrogens is 2. The van der Waals surface area contributed by atoms with Gasteiger partial charge in [0.1, 0.15) is 10.0 Å². The highest BCUT2D eigenvalue weighted by atomic mass is 32.2. The van der Waals surface area contributed by atoms with Crippen LogP contribution in [-0.2, 0) is 21.2 Å². The molecular formula is C16H18N4O3S2. The molecule has 0 aliphatic carbocycles. The van der Waals surface area contributed by atoms with Gasteiger partial charge in [0.25, 0.3) is 10.0 Å². The Morgan fingerprint density at radius 3 is 2.80 bits per heavy atom. The lowest BCUT2D eigenvalue weighted by molar-refractivity contribution is -0.121. The number of hydrogen-bond acceptors (Lipinski definition) is 5. The molecule has 7 nitrogen and oxygen atoms in total. The average Bonchev–Trinajstić information content (AvgIpc) is 3.24. The summed E-state index contributed by atoms with van der Waals surface area (Å²) in [5.74, 6) is 0.430. The number of carbonyl (C=O) groups is 1. The molecule has 1 amide bonds. The number of carbonyl (C=O) groups excluding carboxylic acids is 1. The first kappa shape index (κ1) is 17.6. The van der Waals surface area contributed by atoms with Crippen LogP contribution in [0.2, 0.25) is 0 Å². The molecule has 1 aromatic carbocycles. The summed E-state index contributed by atoms with van der Waals surface area (Å²) in [6.45, 7) is 0.159. The highest BCUT2D eigenvalue weighted by molar-refractivity contribution is 7.91. The standard InChI is InChI=1S/C16H18N4O3S2/c1-20(25(22,23)16-7-4-10-24-16)11-15(21)17-9-8-14-18-12-5-2-3-6-13(12)19-14/h2-7,10H,8-9,11H2,1H3,(H,17,21)(H,18,19). The van der Waals surface area contributed by atoms with E-state index in [1.807, 2.05) is 24.3 Å². The smallest absolute Gasteiger partial charge is 0.252 e. The van der Waals surface area contributed by atoms with E-state index in [2.05, 4.69) is 15.3 Å². The number of nitrogens with zero attached hydrogens (tertiary/aromatic N) is 2. The van der Waals surface area contributed by atoms with Gasteiger partial charge in [-0.05, 0) is 23.6 Å². The number of nitrogens with one attached hydrogen (secondary N) is 2. The quantitative estimate of drug-likeness (QED) is 0.653. The van der Waals surface area contributed by atoms with Crippen LogP contribution in [0, 0.1) is 0 Å². The van der Waals surface area contributed by atoms with Gasteiger partial charge in [-0.2, -0.15) is 4.31 Å². The second-order valence-corrected chi connectivity index (χ2v) is 8.71. The summed E-state index contributed by atoms with van der Waals surface area (Å²) in [5, 5.41) is 4.41. The number of aromatic amines is 1. The van der Waals surface area contributed by atoms with Crippen molar-refractivity contribution in [3.8, 4) is 0 Å². The fraction of sp³-hybridized carbons (Fsp3) is 0.250. The van der Waals surface area contributed by atoms with Crippen LogP contribution in [-0.4, -0.2) is 48.7 Å². The maximum atomic E-state index is 12.3. The number of amides is 1. The molecule has 2 heterocycles. The van der Waals surface area contributed by atoms with Gasteiger partial charge in [0.15, 0.2) is 0 Å². The Balaban J connectivity index is 1.51. The minimum atomic E-state index is -3.61. The molecule has 0 radical (unpaired) electrons. The van der Waals surface area contributed by atoms with Crippen LogP contribution < -0.4 is 5.32 Å². The predicted octanol–water partition coefficient (Wildman–Crippen LogP) is 1.60. The number of sulfonamides is 1. The molecule has 132 valence electrons. The maximum absolute atomic E-state index is 12.3. The van der Waals surface area contributed by atoms with E-state index in [4.69, 9.17) is 0 Å². The van der Waals surface area contributed by atoms with E-state index < -0.39 is 10.0 Å². The Labute approximate surface area is 149 Å². The topological polar surface area (TPSA) is 95.2 Å². The zero-order valence-corrected chi connectivity index (χ0v) is 15.2. The van der Waals surface area contributed by atoms with E-state index in [0.717, 1.165) is 32.5 Å². The van der Waals surface area contributed by atoms with E-state index in [-0.39, 0.29) is 16.7 Å². The van der Waals surface area contributed by atoms with Gasteiger partial charge >= 0.3 is 0 Å². The van der Waals surface area contributed by atoms with Crippen molar-refractivity contribution in [3.05, 3.63) is 47.6 Å². The second kappa shape index (κ2) is 7.34. The van der Waals surface area contributed by atoms with Gasteiger partial charge in [-0.3, -0.25) is 4.79 Å². The molecule has 0 aliphatic heterocycles. The van der Waals surface area contributed by atoms with Gasteiger partial charge in [0, 0.05) is 20.0 Å². The van der Waals surface area contributed by atoms with Crippen LogP contribution >= 0.6 is 11.3 Å². The van der Waals surface area contributed by atoms with Crippen LogP contribution in [0.4, 0.5) is 0 Å². The summed E-state index contributed by atoms with van der Waals surface area (Å²) in [5.41, 5.74) is 1.83. The first-order valence-corrected chi connectivity index (χ1v) is 9.99. The average molecular weight is 378 g/mol. The van der Waals surface area contributed by atoms with Crippen LogP contribution in [0.15, 0.2) is 46.0 Å². The van der Waals surface area contributed by atoms with Gasteiger partial charge in [-0.15, -0.1) is 11.3 Å². The van der Waals surface area contributed by atoms with Gasteiger partial charge in [-0.25, -0.2) is 13.4 Å². The van der Waals surface area contributed by atoms with Crippen molar-refractivity contribution in [2.75, 3.05) is 20.1 Å². The number of H-pyrrole nitrogens is 1. The summed E-state index contributed by atoms with van der Waals surface area (Å²) in [6, 6.07) is 10.9. The number of hydrogen-bond donors (Lipinski definition) is 2. The molecular weight excluding hydrogens is 360 g/mol. The fourth-order valence-electron chi connectivity index (χ4n) is 2.35. The van der Waals surface area contributed by atoms with Crippen molar-refractivity contribution in [1.82, 2.24) is 19.6 Å². The van der Waals surface area contributed by atoms with Gasteiger partial charge < -0.3 is 10.3 Å². The van der Waals surface area contributed by atoms with Crippen molar-refractivity contribution in [2.24, 2.45) is 0 Å². The molecule has 0 aliphatic rings. The molecule has 0 unspecified atom stereocenters. The third-order valence-corrected chi connectivity index (χ3v) is 6.82. The first-order chi connectivity index (χ1) is 12.0. The molecule has 0 spiro atoms. The summed E-state index contributed by atoms with van der Waals surface area (Å²) < 4.78 is 25.8. The van der Waals surface area contributed by atoms with Crippen LogP contribution in [0.25, 0.3) is 11.0 Å². The van der Waals surface area contributed by atoms with E-state index in [9.17, 15) is 13.2 Å². The normalized spacial score (nSPS) is 11.9. The zero-order chi connectivity index (χ0) is 17.9. The van der Waals surface area contributed by atoms with Gasteiger partial charge in [-0.1, -0.05) is 18.2 Å². The molecule has 0 atom stereocenters. The first-order valence-electron chi connectivity index (χ1n) is 7.67. The fourth-order valence-corrected chi connectivity index (χ4v) is 4.68. The van der Waals surface area contributed by atoms with Crippen molar-refractivity contribution in [3.63, 3.8) is 0 Å². The lowest BCUT2D eigenvalue weighted by atomic mass is 10.3. The summed E-state index contributed by atoms with van der Waals surface area (Å²) in [7, 11) is -2.22. The number of benzene rings is 1. The Morgan fingerprint density at radius 2 is 2.08 bits per heavy atom. The third kappa shape index (κ3) is 4.06. The molecule has 0 bridgehead atoms. The van der Waals surface area contributed by atoms with Crippen LogP contribution in [0.5, 0.6) is 0 Å². The van der Waals surface area contributed by atoms with Gasteiger partial charge in [0.2, 0.25) is 5.91 Å². The maximum Gasteiger partial charge on any atom is 0.252 e. The van der Waals surface area contributed by atoms with E-state index in [1.165, 1.54) is 13.1 Å². The van der Waals surface area contributed by atoms with Crippen molar-refractivity contribution in [1.29, 1.82) is 0 Å². The summed E-state index contributed by atoms with van der Waals surface area (Å²) >= 11 is 1.13. The SMILES string of the molecule is CN(CC(=O)NCCc1nc2ccccc2[nH]1)S(=O)(=O)c1cccs1. The monoisotopic (exact) mass is 378 g/mol. The minimum Gasteiger partial charge on any atom is -0.355 e. The molecule has 9 heteroatoms. The number of imidazole rings is 1. The number of rotatable bonds is 7. The summed E-state index contributed by atoms with van der Waals surface area (Å²) in [4.78, 5) is 19.6. The van der Waals surface area contributed by atoms with Crippen LogP contribution in [0.3, 0.4) is 0 Å². The second-order valence-electron chi connectivity index (χ2n) is 5.49. The van der Waals surface area contributed by atoms with Crippen molar-refractivity contribution in [2.45, 2.75) is 10.6 Å². The van der Waals surface area contributed by atoms with Crippen molar-refractivity contribution < 1.29 is 13.2 Å². The molecule has 2 N–H and O–H groups in total. The van der Waals surface area contributed by atoms with Gasteiger partial charge in [0.05, 0.1) is 17.6 Å². The minimum absolute atomic E-state index is 0.222.